The van der Waals surface area contributed by atoms with Gasteiger partial charge in [0.15, 0.2) is 0 Å². The van der Waals surface area contributed by atoms with Crippen LogP contribution in [0.5, 0.6) is 0 Å². The molecule has 0 radical (unpaired) electrons. The minimum absolute atomic E-state index is 0.246. The summed E-state index contributed by atoms with van der Waals surface area (Å²) >= 11 is 1.91. The van der Waals surface area contributed by atoms with Crippen LogP contribution in [-0.2, 0) is 0 Å². The molecule has 66 valence electrons. The largest absolute Gasteiger partial charge is 0.423 e. The zero-order chi connectivity index (χ0) is 9.26. The van der Waals surface area contributed by atoms with Crippen LogP contribution in [-0.4, -0.2) is 10.2 Å². The van der Waals surface area contributed by atoms with E-state index in [-0.39, 0.29) is 5.82 Å². The van der Waals surface area contributed by atoms with Gasteiger partial charge in [0, 0.05) is 9.13 Å². The smallest absolute Gasteiger partial charge is 0.247 e. The summed E-state index contributed by atoms with van der Waals surface area (Å²) in [4.78, 5) is 0. The molecule has 1 heterocycles. The number of rotatable bonds is 1. The van der Waals surface area contributed by atoms with Gasteiger partial charge in [-0.3, -0.25) is 0 Å². The van der Waals surface area contributed by atoms with E-state index in [1.54, 1.807) is 12.1 Å². The number of halogens is 2. The molecule has 2 aromatic rings. The Kier molecular flexibility index (Phi) is 2.26. The predicted octanol–water partition coefficient (Wildman–Crippen LogP) is 2.48. The van der Waals surface area contributed by atoms with Crippen LogP contribution in [0.2, 0.25) is 0 Å². The molecule has 0 aliphatic heterocycles. The second kappa shape index (κ2) is 3.41. The van der Waals surface area contributed by atoms with Crippen molar-refractivity contribution < 1.29 is 8.81 Å². The molecule has 0 aliphatic rings. The molecule has 0 saturated carbocycles. The van der Waals surface area contributed by atoms with Crippen LogP contribution in [0, 0.1) is 9.39 Å². The molecule has 0 amide bonds. The Balaban J connectivity index is 2.49. The van der Waals surface area contributed by atoms with Gasteiger partial charge in [-0.15, -0.1) is 10.2 Å². The summed E-state index contributed by atoms with van der Waals surface area (Å²) in [6, 6.07) is 4.63. The van der Waals surface area contributed by atoms with Crippen LogP contribution in [0.4, 0.5) is 4.39 Å². The van der Waals surface area contributed by atoms with Gasteiger partial charge in [0.25, 0.3) is 0 Å². The second-order valence-corrected chi connectivity index (χ2v) is 3.53. The molecule has 0 bridgehead atoms. The van der Waals surface area contributed by atoms with Crippen LogP contribution in [0.1, 0.15) is 0 Å². The molecule has 2 rings (SSSR count). The summed E-state index contributed by atoms with van der Waals surface area (Å²) in [5.74, 6) is 0.154. The summed E-state index contributed by atoms with van der Waals surface area (Å²) < 4.78 is 18.4. The molecule has 1 aromatic carbocycles. The molecule has 5 heteroatoms. The van der Waals surface area contributed by atoms with Crippen LogP contribution in [0.15, 0.2) is 29.0 Å². The van der Waals surface area contributed by atoms with Crippen molar-refractivity contribution in [3.63, 3.8) is 0 Å². The summed E-state index contributed by atoms with van der Waals surface area (Å²) in [6.45, 7) is 0. The Bertz CT molecular complexity index is 416. The van der Waals surface area contributed by atoms with E-state index in [9.17, 15) is 4.39 Å². The van der Waals surface area contributed by atoms with E-state index in [4.69, 9.17) is 4.42 Å². The highest BCUT2D eigenvalue weighted by Gasteiger charge is 2.05. The van der Waals surface area contributed by atoms with Gasteiger partial charge < -0.3 is 4.42 Å². The van der Waals surface area contributed by atoms with Gasteiger partial charge in [-0.25, -0.2) is 4.39 Å². The first kappa shape index (κ1) is 8.61. The third-order valence-electron chi connectivity index (χ3n) is 1.53. The van der Waals surface area contributed by atoms with E-state index in [0.717, 1.165) is 5.56 Å². The summed E-state index contributed by atoms with van der Waals surface area (Å²) in [5, 5.41) is 7.25. The van der Waals surface area contributed by atoms with Crippen LogP contribution in [0.25, 0.3) is 11.5 Å². The summed E-state index contributed by atoms with van der Waals surface area (Å²) in [6.07, 6.45) is 1.24. The molecule has 1 aromatic heterocycles. The van der Waals surface area contributed by atoms with Crippen LogP contribution in [0.3, 0.4) is 0 Å². The first-order valence-electron chi connectivity index (χ1n) is 3.49. The zero-order valence-corrected chi connectivity index (χ0v) is 8.53. The summed E-state index contributed by atoms with van der Waals surface area (Å²) in [7, 11) is 0. The maximum Gasteiger partial charge on any atom is 0.247 e. The third-order valence-corrected chi connectivity index (χ3v) is 2.35. The normalized spacial score (nSPS) is 10.3. The number of aromatic nitrogens is 2. The number of hydrogen-bond acceptors (Lipinski definition) is 3. The lowest BCUT2D eigenvalue weighted by molar-refractivity contribution is 0.568. The molecular formula is C8H4FIN2O. The monoisotopic (exact) mass is 290 g/mol. The lowest BCUT2D eigenvalue weighted by atomic mass is 10.2. The Morgan fingerprint density at radius 3 is 2.85 bits per heavy atom. The van der Waals surface area contributed by atoms with Gasteiger partial charge in [0.1, 0.15) is 5.82 Å². The fraction of sp³-hybridized carbons (Fsp3) is 0. The minimum atomic E-state index is -0.246. The first-order chi connectivity index (χ1) is 6.27. The minimum Gasteiger partial charge on any atom is -0.423 e. The molecule has 0 saturated heterocycles. The van der Waals surface area contributed by atoms with E-state index in [2.05, 4.69) is 10.2 Å². The van der Waals surface area contributed by atoms with Gasteiger partial charge in [0.05, 0.1) is 0 Å². The number of benzene rings is 1. The van der Waals surface area contributed by atoms with E-state index in [1.807, 2.05) is 22.6 Å². The number of nitrogens with zero attached hydrogens (tertiary/aromatic N) is 2. The molecule has 13 heavy (non-hydrogen) atoms. The average Bonchev–Trinajstić information content (AvgIpc) is 2.62. The van der Waals surface area contributed by atoms with Crippen molar-refractivity contribution in [3.05, 3.63) is 34.0 Å². The van der Waals surface area contributed by atoms with Crippen molar-refractivity contribution in [1.29, 1.82) is 0 Å². The highest BCUT2D eigenvalue weighted by atomic mass is 127. The fourth-order valence-electron chi connectivity index (χ4n) is 0.928. The Labute approximate surface area is 87.1 Å². The number of hydrogen-bond donors (Lipinski definition) is 0. The maximum atomic E-state index is 12.9. The molecule has 0 unspecified atom stereocenters. The van der Waals surface area contributed by atoms with E-state index < -0.39 is 0 Å². The standard InChI is InChI=1S/C8H4FIN2O/c9-6-2-1-5(3-7(6)10)8-12-11-4-13-8/h1-4H. The third kappa shape index (κ3) is 1.69. The van der Waals surface area contributed by atoms with Crippen molar-refractivity contribution in [2.45, 2.75) is 0 Å². The van der Waals surface area contributed by atoms with Crippen molar-refractivity contribution >= 4 is 22.6 Å². The molecule has 0 fully saturated rings. The van der Waals surface area contributed by atoms with E-state index >= 15 is 0 Å². The molecule has 3 nitrogen and oxygen atoms in total. The summed E-state index contributed by atoms with van der Waals surface area (Å²) in [5.41, 5.74) is 0.725. The molecular weight excluding hydrogens is 286 g/mol. The highest BCUT2D eigenvalue weighted by molar-refractivity contribution is 14.1. The molecule has 0 N–H and O–H groups in total. The Morgan fingerprint density at radius 1 is 1.38 bits per heavy atom. The quantitative estimate of drug-likeness (QED) is 0.757. The predicted molar refractivity (Wildman–Crippen MR) is 52.4 cm³/mol. The van der Waals surface area contributed by atoms with Gasteiger partial charge in [-0.1, -0.05) is 0 Å². The van der Waals surface area contributed by atoms with Gasteiger partial charge >= 0.3 is 0 Å². The maximum absolute atomic E-state index is 12.9. The van der Waals surface area contributed by atoms with E-state index in [1.165, 1.54) is 12.5 Å². The molecule has 0 atom stereocenters. The first-order valence-corrected chi connectivity index (χ1v) is 4.57. The lowest BCUT2D eigenvalue weighted by Crippen LogP contribution is -1.84. The van der Waals surface area contributed by atoms with Crippen molar-refractivity contribution in [1.82, 2.24) is 10.2 Å². The average molecular weight is 290 g/mol. The van der Waals surface area contributed by atoms with Gasteiger partial charge in [-0.05, 0) is 40.8 Å². The molecule has 0 aliphatic carbocycles. The van der Waals surface area contributed by atoms with Crippen molar-refractivity contribution in [2.24, 2.45) is 0 Å². The van der Waals surface area contributed by atoms with Gasteiger partial charge in [0.2, 0.25) is 12.3 Å². The lowest BCUT2D eigenvalue weighted by Gasteiger charge is -1.96. The van der Waals surface area contributed by atoms with E-state index in [0.29, 0.717) is 9.46 Å². The zero-order valence-electron chi connectivity index (χ0n) is 6.37. The topological polar surface area (TPSA) is 38.9 Å². The van der Waals surface area contributed by atoms with Gasteiger partial charge in [-0.2, -0.15) is 0 Å². The van der Waals surface area contributed by atoms with Crippen LogP contribution >= 0.6 is 22.6 Å². The Hall–Kier alpha value is -0.980. The highest BCUT2D eigenvalue weighted by Crippen LogP contribution is 2.20. The van der Waals surface area contributed by atoms with Crippen molar-refractivity contribution in [3.8, 4) is 11.5 Å². The second-order valence-electron chi connectivity index (χ2n) is 2.37. The van der Waals surface area contributed by atoms with Crippen LogP contribution < -0.4 is 0 Å². The SMILES string of the molecule is Fc1ccc(-c2nnco2)cc1I. The fourth-order valence-corrected chi connectivity index (χ4v) is 1.44. The van der Waals surface area contributed by atoms with Crippen molar-refractivity contribution in [2.75, 3.05) is 0 Å². The molecule has 0 spiro atoms. The Morgan fingerprint density at radius 2 is 2.23 bits per heavy atom.